The minimum Gasteiger partial charge on any atom is -0.306 e. The molecule has 0 bridgehead atoms. The molecule has 3 rings (SSSR count). The highest BCUT2D eigenvalue weighted by molar-refractivity contribution is 6.32. The predicted octanol–water partition coefficient (Wildman–Crippen LogP) is 3.85. The lowest BCUT2D eigenvalue weighted by atomic mass is 9.81. The second-order valence-corrected chi connectivity index (χ2v) is 5.38. The Morgan fingerprint density at radius 1 is 1.45 bits per heavy atom. The van der Waals surface area contributed by atoms with E-state index in [-0.39, 0.29) is 5.92 Å². The van der Waals surface area contributed by atoms with Gasteiger partial charge in [-0.2, -0.15) is 10.4 Å². The zero-order valence-electron chi connectivity index (χ0n) is 11.8. The van der Waals surface area contributed by atoms with E-state index in [1.807, 2.05) is 13.0 Å². The summed E-state index contributed by atoms with van der Waals surface area (Å²) in [6, 6.07) is 6.98. The van der Waals surface area contributed by atoms with Gasteiger partial charge in [-0.1, -0.05) is 30.7 Å². The Morgan fingerprint density at radius 3 is 2.95 bits per heavy atom. The lowest BCUT2D eigenvalue weighted by molar-refractivity contribution is 0.780. The molecule has 6 heteroatoms. The standard InChI is InChI=1S/C16H12ClN5/c1-3-12-15(19-2)13(11-8-20-22-16(11)21-12)10-6-4-5-9(7-18)14(10)17/h4-6,8,13,15H,3H2,1H3,(H,20,22). The fourth-order valence-corrected chi connectivity index (χ4v) is 3.12. The Labute approximate surface area is 133 Å². The van der Waals surface area contributed by atoms with Crippen LogP contribution in [0, 0.1) is 17.9 Å². The summed E-state index contributed by atoms with van der Waals surface area (Å²) in [6.07, 6.45) is 2.36. The van der Waals surface area contributed by atoms with Crippen molar-refractivity contribution in [3.05, 3.63) is 57.5 Å². The number of hydrogen-bond acceptors (Lipinski definition) is 3. The average molecular weight is 310 g/mol. The third kappa shape index (κ3) is 2.07. The molecule has 0 fully saturated rings. The van der Waals surface area contributed by atoms with Gasteiger partial charge >= 0.3 is 0 Å². The van der Waals surface area contributed by atoms with Gasteiger partial charge in [0.25, 0.3) is 6.04 Å². The monoisotopic (exact) mass is 309 g/mol. The Balaban J connectivity index is 2.24. The lowest BCUT2D eigenvalue weighted by Crippen LogP contribution is -2.28. The predicted molar refractivity (Wildman–Crippen MR) is 84.4 cm³/mol. The number of hydrogen-bond donors (Lipinski definition) is 1. The summed E-state index contributed by atoms with van der Waals surface area (Å²) in [6.45, 7) is 9.55. The molecule has 5 nitrogen and oxygen atoms in total. The molecule has 2 atom stereocenters. The maximum Gasteiger partial charge on any atom is 0.272 e. The Bertz CT molecular complexity index is 837. The maximum atomic E-state index is 9.18. The molecule has 2 unspecified atom stereocenters. The number of nitrogens with one attached hydrogen (secondary N) is 1. The first kappa shape index (κ1) is 14.3. The molecular formula is C16H12ClN5. The third-order valence-electron chi connectivity index (χ3n) is 3.88. The lowest BCUT2D eigenvalue weighted by Gasteiger charge is -2.24. The molecular weight excluding hydrogens is 298 g/mol. The van der Waals surface area contributed by atoms with Crippen molar-refractivity contribution in [2.24, 2.45) is 4.99 Å². The van der Waals surface area contributed by atoms with Gasteiger partial charge < -0.3 is 4.85 Å². The smallest absolute Gasteiger partial charge is 0.272 e. The molecule has 0 aliphatic carbocycles. The van der Waals surface area contributed by atoms with Crippen LogP contribution in [-0.4, -0.2) is 22.0 Å². The van der Waals surface area contributed by atoms with Crippen LogP contribution >= 0.6 is 11.6 Å². The average Bonchev–Trinajstić information content (AvgIpc) is 3.01. The molecule has 1 aliphatic heterocycles. The number of H-pyrrole nitrogens is 1. The van der Waals surface area contributed by atoms with Crippen molar-refractivity contribution >= 4 is 23.1 Å². The maximum absolute atomic E-state index is 9.18. The largest absolute Gasteiger partial charge is 0.306 e. The summed E-state index contributed by atoms with van der Waals surface area (Å²) in [5.74, 6) is 0.402. The Morgan fingerprint density at radius 2 is 2.27 bits per heavy atom. The van der Waals surface area contributed by atoms with Crippen molar-refractivity contribution in [3.63, 3.8) is 0 Å². The van der Waals surface area contributed by atoms with E-state index in [0.717, 1.165) is 16.8 Å². The van der Waals surface area contributed by atoms with Crippen LogP contribution in [0.4, 0.5) is 5.82 Å². The SMILES string of the molecule is [C-]#[N+]C1C(CC)=Nc2[nH]ncc2C1c1cccc(C#N)c1Cl. The van der Waals surface area contributed by atoms with Crippen LogP contribution in [0.3, 0.4) is 0 Å². The highest BCUT2D eigenvalue weighted by atomic mass is 35.5. The number of halogens is 1. The number of benzene rings is 1. The van der Waals surface area contributed by atoms with E-state index >= 15 is 0 Å². The molecule has 0 radical (unpaired) electrons. The summed E-state index contributed by atoms with van der Waals surface area (Å²) in [7, 11) is 0. The molecule has 2 heterocycles. The molecule has 1 N–H and O–H groups in total. The van der Waals surface area contributed by atoms with Crippen LogP contribution in [0.25, 0.3) is 4.85 Å². The van der Waals surface area contributed by atoms with Crippen LogP contribution in [0.1, 0.15) is 36.0 Å². The molecule has 108 valence electrons. The van der Waals surface area contributed by atoms with Gasteiger partial charge in [0, 0.05) is 5.56 Å². The minimum atomic E-state index is -0.429. The first-order valence-corrected chi connectivity index (χ1v) is 7.24. The first-order chi connectivity index (χ1) is 10.7. The molecule has 0 saturated carbocycles. The number of aliphatic imine (C=N–C) groups is 1. The fourth-order valence-electron chi connectivity index (χ4n) is 2.83. The Kier molecular flexibility index (Phi) is 3.66. The summed E-state index contributed by atoms with van der Waals surface area (Å²) in [4.78, 5) is 8.27. The molecule has 0 saturated heterocycles. The van der Waals surface area contributed by atoms with E-state index in [2.05, 4.69) is 26.1 Å². The van der Waals surface area contributed by atoms with Gasteiger partial charge in [0.15, 0.2) is 5.82 Å². The van der Waals surface area contributed by atoms with Crippen molar-refractivity contribution < 1.29 is 0 Å². The van der Waals surface area contributed by atoms with E-state index in [1.165, 1.54) is 0 Å². The second kappa shape index (κ2) is 5.63. The van der Waals surface area contributed by atoms with Gasteiger partial charge in [0.2, 0.25) is 0 Å². The van der Waals surface area contributed by atoms with Gasteiger partial charge in [0.05, 0.1) is 22.7 Å². The fraction of sp³-hybridized carbons (Fsp3) is 0.250. The number of aromatic nitrogens is 2. The van der Waals surface area contributed by atoms with Crippen LogP contribution in [0.5, 0.6) is 0 Å². The van der Waals surface area contributed by atoms with Crippen molar-refractivity contribution in [2.45, 2.75) is 25.3 Å². The van der Waals surface area contributed by atoms with Gasteiger partial charge in [0.1, 0.15) is 11.8 Å². The first-order valence-electron chi connectivity index (χ1n) is 6.87. The third-order valence-corrected chi connectivity index (χ3v) is 4.30. The highest BCUT2D eigenvalue weighted by Crippen LogP contribution is 2.42. The number of fused-ring (bicyclic) bond motifs is 1. The quantitative estimate of drug-likeness (QED) is 0.856. The van der Waals surface area contributed by atoms with Gasteiger partial charge in [-0.15, -0.1) is 0 Å². The topological polar surface area (TPSA) is 69.2 Å². The minimum absolute atomic E-state index is 0.264. The van der Waals surface area contributed by atoms with Gasteiger partial charge in [-0.3, -0.25) is 5.10 Å². The van der Waals surface area contributed by atoms with Crippen LogP contribution in [0.15, 0.2) is 29.4 Å². The normalized spacial score (nSPS) is 19.7. The number of aromatic amines is 1. The number of nitriles is 1. The zero-order valence-corrected chi connectivity index (χ0v) is 12.6. The van der Waals surface area contributed by atoms with Crippen molar-refractivity contribution in [1.29, 1.82) is 5.26 Å². The summed E-state index contributed by atoms with van der Waals surface area (Å²) in [5, 5.41) is 16.5. The molecule has 1 aromatic carbocycles. The highest BCUT2D eigenvalue weighted by Gasteiger charge is 2.40. The summed E-state index contributed by atoms with van der Waals surface area (Å²) < 4.78 is 0. The van der Waals surface area contributed by atoms with Crippen LogP contribution < -0.4 is 0 Å². The summed E-state index contributed by atoms with van der Waals surface area (Å²) in [5.41, 5.74) is 2.82. The second-order valence-electron chi connectivity index (χ2n) is 5.00. The zero-order chi connectivity index (χ0) is 15.7. The molecule has 2 aromatic rings. The molecule has 1 aromatic heterocycles. The van der Waals surface area contributed by atoms with Crippen LogP contribution in [-0.2, 0) is 0 Å². The van der Waals surface area contributed by atoms with E-state index in [1.54, 1.807) is 18.3 Å². The molecule has 0 spiro atoms. The van der Waals surface area contributed by atoms with Gasteiger partial charge in [-0.05, 0) is 18.1 Å². The van der Waals surface area contributed by atoms with Crippen LogP contribution in [0.2, 0.25) is 5.02 Å². The Hall–Kier alpha value is -2.63. The molecule has 1 aliphatic rings. The van der Waals surface area contributed by atoms with E-state index in [9.17, 15) is 5.26 Å². The number of rotatable bonds is 2. The van der Waals surface area contributed by atoms with Crippen molar-refractivity contribution in [3.8, 4) is 6.07 Å². The van der Waals surface area contributed by atoms with Gasteiger partial charge in [-0.25, -0.2) is 11.6 Å². The van der Waals surface area contributed by atoms with E-state index in [0.29, 0.717) is 22.8 Å². The summed E-state index contributed by atoms with van der Waals surface area (Å²) >= 11 is 6.39. The van der Waals surface area contributed by atoms with Crippen molar-refractivity contribution in [2.75, 3.05) is 0 Å². The van der Waals surface area contributed by atoms with E-state index in [4.69, 9.17) is 18.2 Å². The molecule has 0 amide bonds. The van der Waals surface area contributed by atoms with E-state index < -0.39 is 6.04 Å². The number of nitrogens with zero attached hydrogens (tertiary/aromatic N) is 4. The van der Waals surface area contributed by atoms with Crippen molar-refractivity contribution in [1.82, 2.24) is 10.2 Å². The molecule has 22 heavy (non-hydrogen) atoms.